The maximum atomic E-state index is 10.2. The number of rotatable bonds is 2. The summed E-state index contributed by atoms with van der Waals surface area (Å²) in [5.74, 6) is 1.12. The number of allylic oxidation sites excluding steroid dienone is 1. The number of aromatic hydroxyl groups is 1. The number of phenolic OH excluding ortho intramolecular Hbond substituents is 1. The first-order valence-corrected chi connectivity index (χ1v) is 7.70. The lowest BCUT2D eigenvalue weighted by molar-refractivity contribution is -0.165. The molecule has 0 radical (unpaired) electrons. The Kier molecular flexibility index (Phi) is 3.58. The average molecular weight is 288 g/mol. The van der Waals surface area contributed by atoms with E-state index in [1.54, 1.807) is 6.07 Å². The third-order valence-electron chi connectivity index (χ3n) is 5.79. The normalized spacial score (nSPS) is 39.0. The molecule has 0 amide bonds. The van der Waals surface area contributed by atoms with Gasteiger partial charge in [0.1, 0.15) is 5.75 Å². The van der Waals surface area contributed by atoms with Crippen LogP contribution in [0.1, 0.15) is 32.4 Å². The quantitative estimate of drug-likeness (QED) is 0.821. The van der Waals surface area contributed by atoms with Crippen molar-refractivity contribution >= 4 is 0 Å². The van der Waals surface area contributed by atoms with E-state index in [-0.39, 0.29) is 29.8 Å². The highest BCUT2D eigenvalue weighted by Gasteiger charge is 2.53. The van der Waals surface area contributed by atoms with Gasteiger partial charge in [0.2, 0.25) is 0 Å². The maximum absolute atomic E-state index is 10.2. The largest absolute Gasteiger partial charge is 0.508 e. The van der Waals surface area contributed by atoms with Crippen molar-refractivity contribution in [2.24, 2.45) is 23.2 Å². The molecule has 2 aliphatic rings. The average Bonchev–Trinajstić information content (AvgIpc) is 2.46. The van der Waals surface area contributed by atoms with E-state index in [4.69, 9.17) is 4.74 Å². The van der Waals surface area contributed by atoms with Gasteiger partial charge in [-0.15, -0.1) is 0 Å². The SMILES string of the molecule is CC1=C[C@H](C)[C@@]2(CO)CO[C@@H](c3ccccc3O)[C@H]1[C@@H]2C. The van der Waals surface area contributed by atoms with Crippen LogP contribution in [0.25, 0.3) is 0 Å². The summed E-state index contributed by atoms with van der Waals surface area (Å²) in [5, 5.41) is 20.1. The van der Waals surface area contributed by atoms with Crippen LogP contribution in [0.15, 0.2) is 35.9 Å². The lowest BCUT2D eigenvalue weighted by Gasteiger charge is -2.55. The predicted octanol–water partition coefficient (Wildman–Crippen LogP) is 3.29. The molecule has 1 aliphatic heterocycles. The van der Waals surface area contributed by atoms with Gasteiger partial charge in [-0.05, 0) is 24.8 Å². The van der Waals surface area contributed by atoms with Crippen molar-refractivity contribution in [3.8, 4) is 5.75 Å². The van der Waals surface area contributed by atoms with Crippen molar-refractivity contribution < 1.29 is 14.9 Å². The van der Waals surface area contributed by atoms with Crippen molar-refractivity contribution in [1.29, 1.82) is 0 Å². The zero-order valence-electron chi connectivity index (χ0n) is 12.9. The van der Waals surface area contributed by atoms with Crippen LogP contribution in [0, 0.1) is 23.2 Å². The Morgan fingerprint density at radius 2 is 2.00 bits per heavy atom. The fraction of sp³-hybridized carbons (Fsp3) is 0.556. The Morgan fingerprint density at radius 1 is 1.29 bits per heavy atom. The van der Waals surface area contributed by atoms with E-state index < -0.39 is 0 Å². The number of benzene rings is 1. The van der Waals surface area contributed by atoms with Crippen LogP contribution in [0.5, 0.6) is 5.75 Å². The molecule has 0 unspecified atom stereocenters. The van der Waals surface area contributed by atoms with E-state index in [0.29, 0.717) is 18.4 Å². The highest BCUT2D eigenvalue weighted by atomic mass is 16.5. The van der Waals surface area contributed by atoms with Crippen molar-refractivity contribution in [3.63, 3.8) is 0 Å². The van der Waals surface area contributed by atoms with Gasteiger partial charge in [-0.3, -0.25) is 0 Å². The molecule has 114 valence electrons. The molecule has 0 spiro atoms. The Labute approximate surface area is 126 Å². The molecule has 0 aromatic heterocycles. The summed E-state index contributed by atoms with van der Waals surface area (Å²) in [4.78, 5) is 0. The molecule has 5 atom stereocenters. The van der Waals surface area contributed by atoms with Crippen LogP contribution in [0.3, 0.4) is 0 Å². The van der Waals surface area contributed by atoms with Crippen molar-refractivity contribution in [2.75, 3.05) is 13.2 Å². The molecule has 2 N–H and O–H groups in total. The molecule has 3 heteroatoms. The molecule has 1 aliphatic carbocycles. The Bertz CT molecular complexity index is 565. The van der Waals surface area contributed by atoms with E-state index in [0.717, 1.165) is 5.56 Å². The van der Waals surface area contributed by atoms with Gasteiger partial charge >= 0.3 is 0 Å². The number of aliphatic hydroxyl groups excluding tert-OH is 1. The Hall–Kier alpha value is -1.32. The number of ether oxygens (including phenoxy) is 1. The summed E-state index contributed by atoms with van der Waals surface area (Å²) in [6.07, 6.45) is 2.14. The van der Waals surface area contributed by atoms with E-state index in [1.165, 1.54) is 5.57 Å². The Morgan fingerprint density at radius 3 is 2.67 bits per heavy atom. The standard InChI is InChI=1S/C18H24O3/c1-11-8-12(2)18(9-19)10-21-17(16(11)13(18)3)14-6-4-5-7-15(14)20/h4-8,12-13,16-17,19-20H,9-10H2,1-3H3/t12-,13-,16+,17-,18+/m0/s1. The van der Waals surface area contributed by atoms with Gasteiger partial charge in [0.25, 0.3) is 0 Å². The summed E-state index contributed by atoms with van der Waals surface area (Å²) in [6.45, 7) is 7.19. The number of hydrogen-bond acceptors (Lipinski definition) is 3. The second-order valence-corrected chi connectivity index (χ2v) is 6.70. The Balaban J connectivity index is 2.06. The second-order valence-electron chi connectivity index (χ2n) is 6.70. The lowest BCUT2D eigenvalue weighted by atomic mass is 9.56. The van der Waals surface area contributed by atoms with Gasteiger partial charge in [0.05, 0.1) is 19.3 Å². The number of fused-ring (bicyclic) bond motifs is 2. The molecular formula is C18H24O3. The van der Waals surface area contributed by atoms with E-state index in [2.05, 4.69) is 26.8 Å². The molecule has 1 saturated heterocycles. The van der Waals surface area contributed by atoms with Crippen LogP contribution in [0.4, 0.5) is 0 Å². The van der Waals surface area contributed by atoms with Crippen molar-refractivity contribution in [2.45, 2.75) is 26.9 Å². The first-order valence-electron chi connectivity index (χ1n) is 7.70. The molecule has 1 fully saturated rings. The van der Waals surface area contributed by atoms with Crippen molar-refractivity contribution in [1.82, 2.24) is 0 Å². The summed E-state index contributed by atoms with van der Waals surface area (Å²) < 4.78 is 6.16. The van der Waals surface area contributed by atoms with Gasteiger partial charge in [0, 0.05) is 16.9 Å². The van der Waals surface area contributed by atoms with Gasteiger partial charge in [-0.2, -0.15) is 0 Å². The predicted molar refractivity (Wildman–Crippen MR) is 81.9 cm³/mol. The van der Waals surface area contributed by atoms with E-state index in [1.807, 2.05) is 18.2 Å². The summed E-state index contributed by atoms with van der Waals surface area (Å²) in [6, 6.07) is 7.40. The number of phenols is 1. The highest BCUT2D eigenvalue weighted by Crippen LogP contribution is 2.56. The van der Waals surface area contributed by atoms with E-state index >= 15 is 0 Å². The molecule has 2 bridgehead atoms. The number of para-hydroxylation sites is 1. The fourth-order valence-electron chi connectivity index (χ4n) is 4.30. The van der Waals surface area contributed by atoms with Crippen LogP contribution in [-0.2, 0) is 4.74 Å². The molecule has 21 heavy (non-hydrogen) atoms. The smallest absolute Gasteiger partial charge is 0.121 e. The molecule has 1 aromatic carbocycles. The summed E-state index contributed by atoms with van der Waals surface area (Å²) in [5.41, 5.74) is 1.95. The molecule has 0 saturated carbocycles. The number of hydrogen-bond donors (Lipinski definition) is 2. The van der Waals surface area contributed by atoms with Crippen molar-refractivity contribution in [3.05, 3.63) is 41.5 Å². The van der Waals surface area contributed by atoms with Gasteiger partial charge in [-0.1, -0.05) is 43.7 Å². The third kappa shape index (κ3) is 2.02. The molecule has 1 heterocycles. The first kappa shape index (κ1) is 14.6. The maximum Gasteiger partial charge on any atom is 0.121 e. The lowest BCUT2D eigenvalue weighted by Crippen LogP contribution is -2.53. The van der Waals surface area contributed by atoms with Crippen LogP contribution in [-0.4, -0.2) is 23.4 Å². The third-order valence-corrected chi connectivity index (χ3v) is 5.79. The summed E-state index contributed by atoms with van der Waals surface area (Å²) in [7, 11) is 0. The van der Waals surface area contributed by atoms with E-state index in [9.17, 15) is 10.2 Å². The molecule has 3 nitrogen and oxygen atoms in total. The minimum atomic E-state index is -0.203. The zero-order chi connectivity index (χ0) is 15.2. The van der Waals surface area contributed by atoms with Crippen LogP contribution < -0.4 is 0 Å². The van der Waals surface area contributed by atoms with Gasteiger partial charge in [-0.25, -0.2) is 0 Å². The van der Waals surface area contributed by atoms with Gasteiger partial charge in [0.15, 0.2) is 0 Å². The molecule has 3 rings (SSSR count). The topological polar surface area (TPSA) is 49.7 Å². The fourth-order valence-corrected chi connectivity index (χ4v) is 4.30. The molecule has 1 aromatic rings. The number of aliphatic hydroxyl groups is 1. The van der Waals surface area contributed by atoms with Gasteiger partial charge < -0.3 is 14.9 Å². The second kappa shape index (κ2) is 5.15. The minimum absolute atomic E-state index is 0.135. The monoisotopic (exact) mass is 288 g/mol. The summed E-state index contributed by atoms with van der Waals surface area (Å²) >= 11 is 0. The van der Waals surface area contributed by atoms with Crippen LogP contribution >= 0.6 is 0 Å². The highest BCUT2D eigenvalue weighted by molar-refractivity contribution is 5.37. The minimum Gasteiger partial charge on any atom is -0.508 e. The molecular weight excluding hydrogens is 264 g/mol. The zero-order valence-corrected chi connectivity index (χ0v) is 12.9. The van der Waals surface area contributed by atoms with Crippen LogP contribution in [0.2, 0.25) is 0 Å². The first-order chi connectivity index (χ1) is 10.0.